The SMILES string of the molecule is CCCCCCCCCCCCCC(CC(=O)O)OC(=O)CC(O)CCC. The molecule has 2 N–H and O–H groups in total. The first-order valence-corrected chi connectivity index (χ1v) is 11.1. The molecular formula is C22H42O5. The first kappa shape index (κ1) is 25.9. The molecule has 0 saturated carbocycles. The molecule has 0 aliphatic rings. The monoisotopic (exact) mass is 386 g/mol. The summed E-state index contributed by atoms with van der Waals surface area (Å²) in [6.07, 6.45) is 14.0. The van der Waals surface area contributed by atoms with Crippen LogP contribution < -0.4 is 0 Å². The fraction of sp³-hybridized carbons (Fsp3) is 0.909. The number of hydrogen-bond donors (Lipinski definition) is 2. The van der Waals surface area contributed by atoms with Crippen molar-refractivity contribution in [1.82, 2.24) is 0 Å². The van der Waals surface area contributed by atoms with Crippen molar-refractivity contribution < 1.29 is 24.5 Å². The van der Waals surface area contributed by atoms with Crippen molar-refractivity contribution in [3.8, 4) is 0 Å². The van der Waals surface area contributed by atoms with Crippen LogP contribution in [0.1, 0.15) is 117 Å². The van der Waals surface area contributed by atoms with Gasteiger partial charge in [0.2, 0.25) is 0 Å². The third-order valence-corrected chi connectivity index (χ3v) is 4.85. The molecule has 0 aromatic rings. The highest BCUT2D eigenvalue weighted by Crippen LogP contribution is 2.16. The van der Waals surface area contributed by atoms with Crippen LogP contribution >= 0.6 is 0 Å². The topological polar surface area (TPSA) is 83.8 Å². The summed E-state index contributed by atoms with van der Waals surface area (Å²) in [6, 6.07) is 0. The Bertz CT molecular complexity index is 370. The van der Waals surface area contributed by atoms with Crippen LogP contribution in [-0.4, -0.2) is 34.4 Å². The summed E-state index contributed by atoms with van der Waals surface area (Å²) in [5.74, 6) is -1.45. The van der Waals surface area contributed by atoms with Gasteiger partial charge in [0.1, 0.15) is 6.10 Å². The minimum absolute atomic E-state index is 0.0534. The molecule has 0 radical (unpaired) electrons. The van der Waals surface area contributed by atoms with Crippen LogP contribution in [0.5, 0.6) is 0 Å². The number of carboxylic acid groups (broad SMARTS) is 1. The molecule has 160 valence electrons. The second-order valence-electron chi connectivity index (χ2n) is 7.68. The summed E-state index contributed by atoms with van der Waals surface area (Å²) in [6.45, 7) is 4.17. The minimum Gasteiger partial charge on any atom is -0.481 e. The predicted octanol–water partition coefficient (Wildman–Crippen LogP) is 5.63. The zero-order chi connectivity index (χ0) is 20.3. The number of esters is 1. The maximum atomic E-state index is 11.8. The van der Waals surface area contributed by atoms with Gasteiger partial charge in [-0.2, -0.15) is 0 Å². The Kier molecular flexibility index (Phi) is 17.5. The number of aliphatic hydroxyl groups is 1. The van der Waals surface area contributed by atoms with E-state index in [0.717, 1.165) is 25.7 Å². The summed E-state index contributed by atoms with van der Waals surface area (Å²) in [5, 5.41) is 18.7. The average Bonchev–Trinajstić information content (AvgIpc) is 2.59. The second-order valence-corrected chi connectivity index (χ2v) is 7.68. The van der Waals surface area contributed by atoms with Gasteiger partial charge in [-0.05, 0) is 19.3 Å². The van der Waals surface area contributed by atoms with Crippen LogP contribution in [0, 0.1) is 0 Å². The lowest BCUT2D eigenvalue weighted by atomic mass is 10.0. The van der Waals surface area contributed by atoms with Crippen molar-refractivity contribution in [2.75, 3.05) is 0 Å². The zero-order valence-corrected chi connectivity index (χ0v) is 17.6. The van der Waals surface area contributed by atoms with E-state index in [1.54, 1.807) is 0 Å². The van der Waals surface area contributed by atoms with Gasteiger partial charge in [-0.25, -0.2) is 0 Å². The summed E-state index contributed by atoms with van der Waals surface area (Å²) in [7, 11) is 0. The molecule has 0 aromatic heterocycles. The molecule has 0 aliphatic carbocycles. The Hall–Kier alpha value is -1.10. The smallest absolute Gasteiger partial charge is 0.308 e. The van der Waals surface area contributed by atoms with Gasteiger partial charge in [-0.1, -0.05) is 84.5 Å². The van der Waals surface area contributed by atoms with Crippen molar-refractivity contribution in [3.05, 3.63) is 0 Å². The first-order valence-electron chi connectivity index (χ1n) is 11.1. The van der Waals surface area contributed by atoms with E-state index >= 15 is 0 Å². The van der Waals surface area contributed by atoms with E-state index in [4.69, 9.17) is 9.84 Å². The molecule has 0 bridgehead atoms. The molecule has 0 rings (SSSR count). The third kappa shape index (κ3) is 18.0. The van der Waals surface area contributed by atoms with Crippen LogP contribution in [0.25, 0.3) is 0 Å². The molecular weight excluding hydrogens is 344 g/mol. The predicted molar refractivity (Wildman–Crippen MR) is 109 cm³/mol. The summed E-state index contributed by atoms with van der Waals surface area (Å²) >= 11 is 0. The van der Waals surface area contributed by atoms with Crippen molar-refractivity contribution in [1.29, 1.82) is 0 Å². The highest BCUT2D eigenvalue weighted by molar-refractivity contribution is 5.71. The summed E-state index contributed by atoms with van der Waals surface area (Å²) < 4.78 is 5.29. The van der Waals surface area contributed by atoms with E-state index in [2.05, 4.69) is 6.92 Å². The molecule has 5 nitrogen and oxygen atoms in total. The third-order valence-electron chi connectivity index (χ3n) is 4.85. The number of unbranched alkanes of at least 4 members (excludes halogenated alkanes) is 10. The fourth-order valence-electron chi connectivity index (χ4n) is 3.30. The van der Waals surface area contributed by atoms with Gasteiger partial charge in [0.25, 0.3) is 0 Å². The number of aliphatic carboxylic acids is 1. The number of aliphatic hydroxyl groups excluding tert-OH is 1. The minimum atomic E-state index is -0.954. The van der Waals surface area contributed by atoms with Gasteiger partial charge < -0.3 is 14.9 Å². The van der Waals surface area contributed by atoms with Gasteiger partial charge in [-0.15, -0.1) is 0 Å². The summed E-state index contributed by atoms with van der Waals surface area (Å²) in [4.78, 5) is 22.8. The molecule has 27 heavy (non-hydrogen) atoms. The molecule has 2 atom stereocenters. The Balaban J connectivity index is 3.82. The Labute approximate surface area is 165 Å². The highest BCUT2D eigenvalue weighted by Gasteiger charge is 2.19. The van der Waals surface area contributed by atoms with Gasteiger partial charge in [0.05, 0.1) is 18.9 Å². The van der Waals surface area contributed by atoms with Gasteiger partial charge in [0.15, 0.2) is 0 Å². The Morgan fingerprint density at radius 3 is 1.74 bits per heavy atom. The van der Waals surface area contributed by atoms with Crippen LogP contribution in [-0.2, 0) is 14.3 Å². The number of carbonyl (C=O) groups is 2. The van der Waals surface area contributed by atoms with Crippen LogP contribution in [0.4, 0.5) is 0 Å². The van der Waals surface area contributed by atoms with Crippen LogP contribution in [0.3, 0.4) is 0 Å². The van der Waals surface area contributed by atoms with E-state index in [1.807, 2.05) is 6.92 Å². The maximum absolute atomic E-state index is 11.8. The number of ether oxygens (including phenoxy) is 1. The molecule has 0 saturated heterocycles. The van der Waals surface area contributed by atoms with Crippen LogP contribution in [0.15, 0.2) is 0 Å². The molecule has 0 spiro atoms. The maximum Gasteiger partial charge on any atom is 0.308 e. The molecule has 2 unspecified atom stereocenters. The first-order chi connectivity index (χ1) is 13.0. The van der Waals surface area contributed by atoms with E-state index in [0.29, 0.717) is 12.8 Å². The molecule has 0 aliphatic heterocycles. The Morgan fingerprint density at radius 2 is 1.26 bits per heavy atom. The van der Waals surface area contributed by atoms with E-state index in [9.17, 15) is 14.7 Å². The van der Waals surface area contributed by atoms with E-state index in [-0.39, 0.29) is 12.8 Å². The molecule has 5 heteroatoms. The lowest BCUT2D eigenvalue weighted by Gasteiger charge is -2.17. The number of hydrogen-bond acceptors (Lipinski definition) is 4. The largest absolute Gasteiger partial charge is 0.481 e. The standard InChI is InChI=1S/C22H42O5/c1-3-5-6-7-8-9-10-11-12-13-14-16-20(18-21(24)25)27-22(26)17-19(23)15-4-2/h19-20,23H,3-18H2,1-2H3,(H,24,25). The van der Waals surface area contributed by atoms with Crippen LogP contribution in [0.2, 0.25) is 0 Å². The molecule has 0 aromatic carbocycles. The van der Waals surface area contributed by atoms with Crippen molar-refractivity contribution in [2.24, 2.45) is 0 Å². The van der Waals surface area contributed by atoms with Crippen molar-refractivity contribution in [2.45, 2.75) is 129 Å². The molecule has 0 fully saturated rings. The highest BCUT2D eigenvalue weighted by atomic mass is 16.5. The van der Waals surface area contributed by atoms with E-state index in [1.165, 1.54) is 51.4 Å². The number of carbonyl (C=O) groups excluding carboxylic acids is 1. The number of carboxylic acids is 1. The fourth-order valence-corrected chi connectivity index (χ4v) is 3.30. The molecule has 0 amide bonds. The summed E-state index contributed by atoms with van der Waals surface area (Å²) in [5.41, 5.74) is 0. The van der Waals surface area contributed by atoms with Gasteiger partial charge in [0, 0.05) is 0 Å². The van der Waals surface area contributed by atoms with Gasteiger partial charge >= 0.3 is 11.9 Å². The Morgan fingerprint density at radius 1 is 0.741 bits per heavy atom. The lowest BCUT2D eigenvalue weighted by Crippen LogP contribution is -2.24. The van der Waals surface area contributed by atoms with Gasteiger partial charge in [-0.3, -0.25) is 9.59 Å². The van der Waals surface area contributed by atoms with Crippen molar-refractivity contribution in [3.63, 3.8) is 0 Å². The average molecular weight is 387 g/mol. The zero-order valence-electron chi connectivity index (χ0n) is 17.6. The lowest BCUT2D eigenvalue weighted by molar-refractivity contribution is -0.155. The van der Waals surface area contributed by atoms with Crippen molar-refractivity contribution >= 4 is 11.9 Å². The normalized spacial score (nSPS) is 13.3. The number of rotatable bonds is 19. The van der Waals surface area contributed by atoms with E-state index < -0.39 is 24.1 Å². The quantitative estimate of drug-likeness (QED) is 0.222. The second kappa shape index (κ2) is 18.3. The molecule has 0 heterocycles.